The van der Waals surface area contributed by atoms with Gasteiger partial charge in [0.05, 0.1) is 6.20 Å². The fraction of sp³-hybridized carbons (Fsp3) is 0.238. The van der Waals surface area contributed by atoms with Gasteiger partial charge in [-0.3, -0.25) is 4.79 Å². The molecular weight excluding hydrogens is 310 g/mol. The Morgan fingerprint density at radius 3 is 2.04 bits per heavy atom. The molecule has 0 unspecified atom stereocenters. The molecule has 1 aromatic heterocycles. The van der Waals surface area contributed by atoms with E-state index >= 15 is 0 Å². The molecule has 0 aliphatic carbocycles. The van der Waals surface area contributed by atoms with Crippen LogP contribution in [-0.2, 0) is 4.79 Å². The molecule has 25 heavy (non-hydrogen) atoms. The van der Waals surface area contributed by atoms with Crippen molar-refractivity contribution in [1.29, 1.82) is 0 Å². The smallest absolute Gasteiger partial charge is 0.226 e. The summed E-state index contributed by atoms with van der Waals surface area (Å²) in [4.78, 5) is 12.7. The molecule has 128 valence electrons. The quantitative estimate of drug-likeness (QED) is 0.715. The zero-order chi connectivity index (χ0) is 17.6. The molecule has 4 heteroatoms. The largest absolute Gasteiger partial charge is 0.311 e. The minimum Gasteiger partial charge on any atom is -0.311 e. The highest BCUT2D eigenvalue weighted by Gasteiger charge is 2.19. The van der Waals surface area contributed by atoms with Crippen molar-refractivity contribution in [2.45, 2.75) is 32.2 Å². The Morgan fingerprint density at radius 2 is 1.52 bits per heavy atom. The summed E-state index contributed by atoms with van der Waals surface area (Å²) >= 11 is 0. The summed E-state index contributed by atoms with van der Waals surface area (Å²) in [5.74, 6) is 0.748. The van der Waals surface area contributed by atoms with Crippen molar-refractivity contribution in [1.82, 2.24) is 9.78 Å². The van der Waals surface area contributed by atoms with Gasteiger partial charge in [-0.15, -0.1) is 0 Å². The Labute approximate surface area is 148 Å². The minimum absolute atomic E-state index is 0.0138. The summed E-state index contributed by atoms with van der Waals surface area (Å²) in [7, 11) is 0. The number of nitrogens with zero attached hydrogens (tertiary/aromatic N) is 2. The van der Waals surface area contributed by atoms with E-state index in [1.54, 1.807) is 6.20 Å². The first kappa shape index (κ1) is 17.0. The van der Waals surface area contributed by atoms with E-state index in [2.05, 4.69) is 34.7 Å². The fourth-order valence-corrected chi connectivity index (χ4v) is 3.00. The molecule has 0 spiro atoms. The molecule has 1 N–H and O–H groups in total. The molecule has 3 rings (SSSR count). The van der Waals surface area contributed by atoms with Crippen molar-refractivity contribution < 1.29 is 4.79 Å². The van der Waals surface area contributed by atoms with E-state index in [9.17, 15) is 4.79 Å². The van der Waals surface area contributed by atoms with E-state index in [-0.39, 0.29) is 17.9 Å². The van der Waals surface area contributed by atoms with Crippen molar-refractivity contribution in [2.24, 2.45) is 0 Å². The number of amides is 1. The van der Waals surface area contributed by atoms with Gasteiger partial charge in [-0.05, 0) is 25.0 Å². The van der Waals surface area contributed by atoms with Crippen LogP contribution in [0, 0.1) is 0 Å². The Morgan fingerprint density at radius 1 is 0.960 bits per heavy atom. The monoisotopic (exact) mass is 333 g/mol. The molecule has 2 aromatic carbocycles. The van der Waals surface area contributed by atoms with Gasteiger partial charge in [0.2, 0.25) is 5.91 Å². The third-order valence-electron chi connectivity index (χ3n) is 4.22. The van der Waals surface area contributed by atoms with Gasteiger partial charge in [0.15, 0.2) is 0 Å². The first-order chi connectivity index (χ1) is 12.1. The number of aromatic nitrogens is 2. The number of benzene rings is 2. The van der Waals surface area contributed by atoms with E-state index in [4.69, 9.17) is 0 Å². The van der Waals surface area contributed by atoms with E-state index < -0.39 is 0 Å². The van der Waals surface area contributed by atoms with Crippen LogP contribution in [0.15, 0.2) is 72.9 Å². The molecule has 1 heterocycles. The molecule has 0 fully saturated rings. The van der Waals surface area contributed by atoms with E-state index in [0.29, 0.717) is 6.42 Å². The maximum atomic E-state index is 12.7. The fourth-order valence-electron chi connectivity index (χ4n) is 3.00. The van der Waals surface area contributed by atoms with Crippen LogP contribution < -0.4 is 5.32 Å². The van der Waals surface area contributed by atoms with E-state index in [1.165, 1.54) is 0 Å². The van der Waals surface area contributed by atoms with Crippen LogP contribution in [0.2, 0.25) is 0 Å². The second-order valence-corrected chi connectivity index (χ2v) is 6.38. The van der Waals surface area contributed by atoms with Gasteiger partial charge in [-0.1, -0.05) is 60.7 Å². The van der Waals surface area contributed by atoms with Crippen molar-refractivity contribution in [2.75, 3.05) is 5.32 Å². The second-order valence-electron chi connectivity index (χ2n) is 6.38. The third-order valence-corrected chi connectivity index (χ3v) is 4.22. The van der Waals surface area contributed by atoms with Gasteiger partial charge >= 0.3 is 0 Å². The lowest BCUT2D eigenvalue weighted by atomic mass is 9.88. The number of carbonyl (C=O) groups excluding carboxylic acids is 1. The van der Waals surface area contributed by atoms with Crippen LogP contribution in [0.25, 0.3) is 0 Å². The highest BCUT2D eigenvalue weighted by Crippen LogP contribution is 2.28. The summed E-state index contributed by atoms with van der Waals surface area (Å²) in [5, 5.41) is 7.27. The number of nitrogens with one attached hydrogen (secondary N) is 1. The van der Waals surface area contributed by atoms with Crippen molar-refractivity contribution in [3.05, 3.63) is 84.1 Å². The molecule has 0 saturated carbocycles. The average Bonchev–Trinajstić information content (AvgIpc) is 3.09. The molecule has 4 nitrogen and oxygen atoms in total. The highest BCUT2D eigenvalue weighted by molar-refractivity contribution is 5.90. The van der Waals surface area contributed by atoms with Gasteiger partial charge in [0.25, 0.3) is 0 Å². The van der Waals surface area contributed by atoms with Crippen LogP contribution in [0.4, 0.5) is 5.82 Å². The number of hydrogen-bond donors (Lipinski definition) is 1. The predicted octanol–water partition coefficient (Wildman–Crippen LogP) is 4.62. The van der Waals surface area contributed by atoms with Crippen LogP contribution in [-0.4, -0.2) is 15.7 Å². The number of rotatable bonds is 6. The zero-order valence-corrected chi connectivity index (χ0v) is 14.6. The topological polar surface area (TPSA) is 46.9 Å². The normalized spacial score (nSPS) is 11.0. The Bertz CT molecular complexity index is 770. The minimum atomic E-state index is -0.0138. The van der Waals surface area contributed by atoms with Crippen LogP contribution >= 0.6 is 0 Å². The van der Waals surface area contributed by atoms with Gasteiger partial charge < -0.3 is 5.32 Å². The zero-order valence-electron chi connectivity index (χ0n) is 14.6. The standard InChI is InChI=1S/C21H23N3O/c1-16(2)24-20(13-14-22-24)23-21(25)15-19(17-9-5-3-6-10-17)18-11-7-4-8-12-18/h3-14,16,19H,15H2,1-2H3,(H,23,25). The van der Waals surface area contributed by atoms with Gasteiger partial charge in [0, 0.05) is 24.4 Å². The average molecular weight is 333 g/mol. The van der Waals surface area contributed by atoms with E-state index in [0.717, 1.165) is 16.9 Å². The van der Waals surface area contributed by atoms with Crippen molar-refractivity contribution in [3.8, 4) is 0 Å². The first-order valence-corrected chi connectivity index (χ1v) is 8.58. The Balaban J connectivity index is 1.81. The lowest BCUT2D eigenvalue weighted by molar-refractivity contribution is -0.116. The highest BCUT2D eigenvalue weighted by atomic mass is 16.1. The maximum Gasteiger partial charge on any atom is 0.226 e. The molecule has 3 aromatic rings. The molecule has 0 saturated heterocycles. The van der Waals surface area contributed by atoms with Crippen molar-refractivity contribution >= 4 is 11.7 Å². The second kappa shape index (κ2) is 7.79. The molecule has 1 amide bonds. The lowest BCUT2D eigenvalue weighted by Gasteiger charge is -2.18. The predicted molar refractivity (Wildman–Crippen MR) is 101 cm³/mol. The van der Waals surface area contributed by atoms with Crippen LogP contribution in [0.5, 0.6) is 0 Å². The molecule has 0 bridgehead atoms. The Kier molecular flexibility index (Phi) is 5.29. The van der Waals surface area contributed by atoms with Crippen molar-refractivity contribution in [3.63, 3.8) is 0 Å². The van der Waals surface area contributed by atoms with Crippen LogP contribution in [0.3, 0.4) is 0 Å². The van der Waals surface area contributed by atoms with Gasteiger partial charge in [-0.25, -0.2) is 4.68 Å². The lowest BCUT2D eigenvalue weighted by Crippen LogP contribution is -2.19. The summed E-state index contributed by atoms with van der Waals surface area (Å²) in [6.45, 7) is 4.08. The van der Waals surface area contributed by atoms with Gasteiger partial charge in [-0.2, -0.15) is 5.10 Å². The molecule has 0 atom stereocenters. The molecule has 0 aliphatic heterocycles. The number of hydrogen-bond acceptors (Lipinski definition) is 2. The molecular formula is C21H23N3O. The summed E-state index contributed by atoms with van der Waals surface area (Å²) in [5.41, 5.74) is 2.28. The summed E-state index contributed by atoms with van der Waals surface area (Å²) in [6.07, 6.45) is 2.10. The Hall–Kier alpha value is -2.88. The number of carbonyl (C=O) groups is 1. The van der Waals surface area contributed by atoms with E-state index in [1.807, 2.05) is 61.0 Å². The number of anilines is 1. The SMILES string of the molecule is CC(C)n1nccc1NC(=O)CC(c1ccccc1)c1ccccc1. The first-order valence-electron chi connectivity index (χ1n) is 8.58. The van der Waals surface area contributed by atoms with Crippen LogP contribution in [0.1, 0.15) is 43.4 Å². The maximum absolute atomic E-state index is 12.7. The molecule has 0 radical (unpaired) electrons. The summed E-state index contributed by atoms with van der Waals surface area (Å²) in [6, 6.07) is 22.4. The summed E-state index contributed by atoms with van der Waals surface area (Å²) < 4.78 is 1.82. The van der Waals surface area contributed by atoms with Gasteiger partial charge in [0.1, 0.15) is 5.82 Å². The third kappa shape index (κ3) is 4.15. The molecule has 0 aliphatic rings.